The average Bonchev–Trinajstić information content (AvgIpc) is 3.13. The maximum Gasteiger partial charge on any atom is 0.449 e. The molecule has 0 fully saturated rings. The minimum atomic E-state index is -4.84. The third-order valence-electron chi connectivity index (χ3n) is 4.91. The summed E-state index contributed by atoms with van der Waals surface area (Å²) in [5.74, 6) is -3.29. The normalized spacial score (nSPS) is 13.6. The monoisotopic (exact) mass is 466 g/mol. The van der Waals surface area contributed by atoms with Gasteiger partial charge in [0.1, 0.15) is 5.82 Å². The van der Waals surface area contributed by atoms with Gasteiger partial charge in [-0.05, 0) is 49.2 Å². The molecule has 2 aromatic heterocycles. The highest BCUT2D eigenvalue weighted by molar-refractivity contribution is 5.78. The lowest BCUT2D eigenvalue weighted by Crippen LogP contribution is -2.30. The molecule has 0 spiro atoms. The molecule has 0 bridgehead atoms. The summed E-state index contributed by atoms with van der Waals surface area (Å²) in [6.45, 7) is -0.341. The van der Waals surface area contributed by atoms with E-state index in [0.717, 1.165) is 16.7 Å². The molecule has 33 heavy (non-hydrogen) atoms. The molecule has 0 saturated carbocycles. The highest BCUT2D eigenvalue weighted by Crippen LogP contribution is 2.38. The van der Waals surface area contributed by atoms with E-state index in [-0.39, 0.29) is 36.3 Å². The minimum Gasteiger partial charge on any atom is -0.550 e. The van der Waals surface area contributed by atoms with Crippen molar-refractivity contribution in [3.05, 3.63) is 60.4 Å². The first kappa shape index (κ1) is 24.3. The van der Waals surface area contributed by atoms with Crippen molar-refractivity contribution >= 4 is 5.97 Å². The predicted molar refractivity (Wildman–Crippen MR) is 107 cm³/mol. The molecule has 0 aliphatic heterocycles. The van der Waals surface area contributed by atoms with Crippen LogP contribution in [0.5, 0.6) is 0 Å². The number of benzene rings is 1. The first-order valence-electron chi connectivity index (χ1n) is 9.96. The molecule has 11 heteroatoms. The summed E-state index contributed by atoms with van der Waals surface area (Å²) >= 11 is 0. The van der Waals surface area contributed by atoms with Crippen molar-refractivity contribution in [1.29, 1.82) is 0 Å². The summed E-state index contributed by atoms with van der Waals surface area (Å²) in [7, 11) is 0. The van der Waals surface area contributed by atoms with Crippen molar-refractivity contribution < 1.29 is 37.7 Å². The number of hydrogen-bond donors (Lipinski definition) is 2. The second-order valence-corrected chi connectivity index (χ2v) is 7.44. The van der Waals surface area contributed by atoms with Gasteiger partial charge < -0.3 is 24.7 Å². The molecule has 0 saturated heterocycles. The van der Waals surface area contributed by atoms with E-state index in [2.05, 4.69) is 9.97 Å². The SMILES string of the molecule is O=C([O-])C[C@H](O)C[C@H](O)CCn1c(C(F)(F)F)nc(-c2ccc(F)cc2)c1-c1cccnc1. The van der Waals surface area contributed by atoms with Crippen molar-refractivity contribution in [2.75, 3.05) is 0 Å². The number of nitrogens with zero attached hydrogens (tertiary/aromatic N) is 3. The number of hydrogen-bond acceptors (Lipinski definition) is 6. The van der Waals surface area contributed by atoms with Gasteiger partial charge >= 0.3 is 6.18 Å². The zero-order chi connectivity index (χ0) is 24.2. The highest BCUT2D eigenvalue weighted by atomic mass is 19.4. The lowest BCUT2D eigenvalue weighted by molar-refractivity contribution is -0.307. The van der Waals surface area contributed by atoms with E-state index in [4.69, 9.17) is 0 Å². The fourth-order valence-electron chi connectivity index (χ4n) is 3.48. The van der Waals surface area contributed by atoms with Gasteiger partial charge in [0.25, 0.3) is 0 Å². The van der Waals surface area contributed by atoms with Gasteiger partial charge in [0.15, 0.2) is 0 Å². The molecule has 0 aliphatic rings. The van der Waals surface area contributed by atoms with Crippen molar-refractivity contribution in [2.24, 2.45) is 0 Å². The molecule has 3 aromatic rings. The van der Waals surface area contributed by atoms with Crippen LogP contribution in [0.25, 0.3) is 22.5 Å². The molecule has 1 aromatic carbocycles. The molecular weight excluding hydrogens is 446 g/mol. The summed E-state index contributed by atoms with van der Waals surface area (Å²) in [5, 5.41) is 30.4. The first-order chi connectivity index (χ1) is 15.6. The number of imidazole rings is 1. The number of aliphatic hydroxyl groups excluding tert-OH is 2. The summed E-state index contributed by atoms with van der Waals surface area (Å²) in [4.78, 5) is 18.3. The number of carbonyl (C=O) groups is 1. The Morgan fingerprint density at radius 1 is 1.09 bits per heavy atom. The van der Waals surface area contributed by atoms with E-state index in [1.807, 2.05) is 0 Å². The quantitative estimate of drug-likeness (QED) is 0.469. The Kier molecular flexibility index (Phi) is 7.44. The Morgan fingerprint density at radius 3 is 2.36 bits per heavy atom. The summed E-state index contributed by atoms with van der Waals surface area (Å²) < 4.78 is 55.9. The standard InChI is InChI=1S/C22H21F4N3O4/c23-15-5-3-13(4-6-15)19-20(14-2-1-8-27-12-14)29(21(28-19)22(24,25)26)9-7-16(30)10-17(31)11-18(32)33/h1-6,8,12,16-17,30-31H,7,9-11H2,(H,32,33)/p-1/t16-,17-/m1/s1. The summed E-state index contributed by atoms with van der Waals surface area (Å²) in [6.07, 6.45) is -5.98. The molecule has 0 amide bonds. The predicted octanol–water partition coefficient (Wildman–Crippen LogP) is 2.41. The Hall–Kier alpha value is -3.31. The van der Waals surface area contributed by atoms with Gasteiger partial charge in [-0.15, -0.1) is 0 Å². The Balaban J connectivity index is 2.03. The molecule has 2 atom stereocenters. The number of carboxylic acids is 1. The number of aliphatic hydroxyl groups is 2. The molecule has 176 valence electrons. The van der Waals surface area contributed by atoms with E-state index in [1.54, 1.807) is 12.1 Å². The summed E-state index contributed by atoms with van der Waals surface area (Å²) in [6, 6.07) is 7.93. The van der Waals surface area contributed by atoms with Crippen LogP contribution in [0, 0.1) is 5.82 Å². The van der Waals surface area contributed by atoms with Crippen molar-refractivity contribution in [3.8, 4) is 22.5 Å². The Labute approximate surface area is 186 Å². The van der Waals surface area contributed by atoms with Crippen molar-refractivity contribution in [2.45, 2.75) is 44.2 Å². The second kappa shape index (κ2) is 10.1. The fourth-order valence-corrected chi connectivity index (χ4v) is 3.48. The van der Waals surface area contributed by atoms with Crippen LogP contribution in [0.3, 0.4) is 0 Å². The molecule has 3 rings (SSSR count). The van der Waals surface area contributed by atoms with Crippen LogP contribution in [0.4, 0.5) is 17.6 Å². The number of aromatic nitrogens is 3. The van der Waals surface area contributed by atoms with E-state index < -0.39 is 42.4 Å². The van der Waals surface area contributed by atoms with Crippen LogP contribution in [0.2, 0.25) is 0 Å². The smallest absolute Gasteiger partial charge is 0.449 e. The average molecular weight is 466 g/mol. The first-order valence-corrected chi connectivity index (χ1v) is 9.96. The molecule has 7 nitrogen and oxygen atoms in total. The van der Waals surface area contributed by atoms with E-state index in [0.29, 0.717) is 5.56 Å². The molecule has 2 heterocycles. The topological polar surface area (TPSA) is 111 Å². The van der Waals surface area contributed by atoms with Crippen LogP contribution in [-0.2, 0) is 17.5 Å². The fraction of sp³-hybridized carbons (Fsp3) is 0.318. The number of carboxylic acid groups (broad SMARTS) is 1. The zero-order valence-electron chi connectivity index (χ0n) is 17.2. The highest BCUT2D eigenvalue weighted by Gasteiger charge is 2.39. The number of carbonyl (C=O) groups excluding carboxylic acids is 1. The minimum absolute atomic E-state index is 0.0400. The number of aliphatic carboxylic acids is 1. The van der Waals surface area contributed by atoms with Gasteiger partial charge in [-0.3, -0.25) is 4.98 Å². The van der Waals surface area contributed by atoms with Crippen LogP contribution in [0.1, 0.15) is 25.1 Å². The van der Waals surface area contributed by atoms with Gasteiger partial charge in [-0.2, -0.15) is 13.2 Å². The number of alkyl halides is 3. The lowest BCUT2D eigenvalue weighted by atomic mass is 10.0. The zero-order valence-corrected chi connectivity index (χ0v) is 17.2. The molecule has 0 radical (unpaired) electrons. The van der Waals surface area contributed by atoms with Gasteiger partial charge in [0, 0.05) is 42.5 Å². The third-order valence-corrected chi connectivity index (χ3v) is 4.91. The van der Waals surface area contributed by atoms with Gasteiger partial charge in [-0.1, -0.05) is 0 Å². The molecule has 0 unspecified atom stereocenters. The molecule has 0 aliphatic carbocycles. The maximum absolute atomic E-state index is 13.9. The van der Waals surface area contributed by atoms with Crippen LogP contribution in [0.15, 0.2) is 48.8 Å². The van der Waals surface area contributed by atoms with Gasteiger partial charge in [0.2, 0.25) is 5.82 Å². The number of halogens is 4. The maximum atomic E-state index is 13.9. The van der Waals surface area contributed by atoms with Gasteiger partial charge in [0.05, 0.1) is 23.6 Å². The summed E-state index contributed by atoms with van der Waals surface area (Å²) in [5.41, 5.74) is 0.613. The van der Waals surface area contributed by atoms with E-state index >= 15 is 0 Å². The van der Waals surface area contributed by atoms with Crippen LogP contribution >= 0.6 is 0 Å². The van der Waals surface area contributed by atoms with Crippen molar-refractivity contribution in [3.63, 3.8) is 0 Å². The van der Waals surface area contributed by atoms with E-state index in [1.165, 1.54) is 24.5 Å². The third kappa shape index (κ3) is 6.14. The number of pyridine rings is 1. The van der Waals surface area contributed by atoms with Crippen LogP contribution < -0.4 is 5.11 Å². The second-order valence-electron chi connectivity index (χ2n) is 7.44. The largest absolute Gasteiger partial charge is 0.550 e. The lowest BCUT2D eigenvalue weighted by Gasteiger charge is -2.19. The van der Waals surface area contributed by atoms with E-state index in [9.17, 15) is 37.7 Å². The number of rotatable bonds is 9. The molecule has 2 N–H and O–H groups in total. The molecular formula is C22H20F4N3O4-. The van der Waals surface area contributed by atoms with Gasteiger partial charge in [-0.25, -0.2) is 9.37 Å². The van der Waals surface area contributed by atoms with Crippen molar-refractivity contribution in [1.82, 2.24) is 14.5 Å². The Morgan fingerprint density at radius 2 is 1.79 bits per heavy atom. The Bertz CT molecular complexity index is 1090. The van der Waals surface area contributed by atoms with Crippen LogP contribution in [-0.4, -0.2) is 42.9 Å².